The van der Waals surface area contributed by atoms with Gasteiger partial charge < -0.3 is 21.4 Å². The van der Waals surface area contributed by atoms with Crippen LogP contribution in [0.1, 0.15) is 16.7 Å². The van der Waals surface area contributed by atoms with Crippen LogP contribution < -0.4 is 11.1 Å². The maximum atomic E-state index is 12.5. The molecule has 0 bridgehead atoms. The van der Waals surface area contributed by atoms with Gasteiger partial charge in [-0.3, -0.25) is 0 Å². The van der Waals surface area contributed by atoms with Gasteiger partial charge in [-0.2, -0.15) is 0 Å². The van der Waals surface area contributed by atoms with Crippen LogP contribution in [0.25, 0.3) is 5.70 Å². The lowest BCUT2D eigenvalue weighted by atomic mass is 10.0. The Bertz CT molecular complexity index is 783. The maximum absolute atomic E-state index is 12.5. The van der Waals surface area contributed by atoms with Crippen LogP contribution in [0.4, 0.5) is 4.79 Å². The molecule has 0 aliphatic carbocycles. The van der Waals surface area contributed by atoms with Crippen molar-refractivity contribution in [3.05, 3.63) is 77.0 Å². The zero-order valence-electron chi connectivity index (χ0n) is 13.3. The molecule has 0 unspecified atom stereocenters. The number of fused-ring (bicyclic) bond motifs is 1. The molecule has 2 aromatic carbocycles. The SMILES string of the molecule is N=C/C(NC(=O)N1CCc2ccccc2C1)=C(\N)c1ccccc1. The van der Waals surface area contributed by atoms with Crippen LogP contribution in [0.2, 0.25) is 0 Å². The van der Waals surface area contributed by atoms with Crippen LogP contribution in [0.3, 0.4) is 0 Å². The molecule has 3 rings (SSSR count). The zero-order chi connectivity index (χ0) is 16.9. The molecule has 24 heavy (non-hydrogen) atoms. The Hall–Kier alpha value is -3.08. The third kappa shape index (κ3) is 3.30. The number of nitrogens with one attached hydrogen (secondary N) is 2. The Balaban J connectivity index is 1.75. The topological polar surface area (TPSA) is 82.2 Å². The highest BCUT2D eigenvalue weighted by atomic mass is 16.2. The van der Waals surface area contributed by atoms with E-state index in [1.807, 2.05) is 48.5 Å². The van der Waals surface area contributed by atoms with Crippen LogP contribution >= 0.6 is 0 Å². The van der Waals surface area contributed by atoms with Crippen LogP contribution in [0.15, 0.2) is 60.3 Å². The average Bonchev–Trinajstić information content (AvgIpc) is 2.65. The fraction of sp³-hybridized carbons (Fsp3) is 0.158. The fourth-order valence-corrected chi connectivity index (χ4v) is 2.82. The lowest BCUT2D eigenvalue weighted by molar-refractivity contribution is 0.196. The summed E-state index contributed by atoms with van der Waals surface area (Å²) in [6.07, 6.45) is 1.92. The van der Waals surface area contributed by atoms with Gasteiger partial charge in [-0.25, -0.2) is 4.79 Å². The van der Waals surface area contributed by atoms with E-state index in [9.17, 15) is 4.79 Å². The molecule has 0 saturated carbocycles. The monoisotopic (exact) mass is 320 g/mol. The molecule has 5 nitrogen and oxygen atoms in total. The second-order valence-corrected chi connectivity index (χ2v) is 5.71. The molecule has 0 aromatic heterocycles. The standard InChI is InChI=1S/C19H20N4O/c20-12-17(18(21)15-7-2-1-3-8-15)22-19(24)23-11-10-14-6-4-5-9-16(14)13-23/h1-9,12,20H,10-11,13,21H2,(H,22,24)/b18-17+,20-12?. The molecule has 0 saturated heterocycles. The van der Waals surface area contributed by atoms with E-state index in [1.54, 1.807) is 4.90 Å². The average molecular weight is 320 g/mol. The van der Waals surface area contributed by atoms with Crippen LogP contribution in [0.5, 0.6) is 0 Å². The second-order valence-electron chi connectivity index (χ2n) is 5.71. The first kappa shape index (κ1) is 15.8. The summed E-state index contributed by atoms with van der Waals surface area (Å²) in [7, 11) is 0. The van der Waals surface area contributed by atoms with Crippen molar-refractivity contribution in [1.82, 2.24) is 10.2 Å². The number of carbonyl (C=O) groups excluding carboxylic acids is 1. The van der Waals surface area contributed by atoms with E-state index < -0.39 is 0 Å². The minimum Gasteiger partial charge on any atom is -0.397 e. The van der Waals surface area contributed by atoms with Crippen molar-refractivity contribution < 1.29 is 4.79 Å². The molecule has 1 heterocycles. The Kier molecular flexibility index (Phi) is 4.61. The lowest BCUT2D eigenvalue weighted by Crippen LogP contribution is -2.43. The Morgan fingerprint density at radius 2 is 1.75 bits per heavy atom. The van der Waals surface area contributed by atoms with Crippen molar-refractivity contribution in [2.45, 2.75) is 13.0 Å². The van der Waals surface area contributed by atoms with Gasteiger partial charge in [0.15, 0.2) is 0 Å². The number of benzene rings is 2. The summed E-state index contributed by atoms with van der Waals surface area (Å²) in [4.78, 5) is 14.3. The van der Waals surface area contributed by atoms with Gasteiger partial charge >= 0.3 is 6.03 Å². The van der Waals surface area contributed by atoms with E-state index in [-0.39, 0.29) is 6.03 Å². The Labute approximate surface area is 141 Å². The summed E-state index contributed by atoms with van der Waals surface area (Å²) in [5.74, 6) is 0. The number of carbonyl (C=O) groups is 1. The molecule has 5 heteroatoms. The number of hydrogen-bond acceptors (Lipinski definition) is 3. The van der Waals surface area contributed by atoms with Gasteiger partial charge in [0.25, 0.3) is 0 Å². The molecule has 4 N–H and O–H groups in total. The van der Waals surface area contributed by atoms with Gasteiger partial charge in [0.1, 0.15) is 0 Å². The van der Waals surface area contributed by atoms with E-state index in [1.165, 1.54) is 5.56 Å². The molecule has 1 aliphatic rings. The molecule has 0 fully saturated rings. The molecular formula is C19H20N4O. The summed E-state index contributed by atoms with van der Waals surface area (Å²) < 4.78 is 0. The van der Waals surface area contributed by atoms with E-state index in [0.29, 0.717) is 24.5 Å². The highest BCUT2D eigenvalue weighted by Crippen LogP contribution is 2.19. The summed E-state index contributed by atoms with van der Waals surface area (Å²) in [6.45, 7) is 1.22. The number of hydrogen-bond donors (Lipinski definition) is 3. The minimum absolute atomic E-state index is 0.234. The van der Waals surface area contributed by atoms with Crippen molar-refractivity contribution >= 4 is 17.9 Å². The van der Waals surface area contributed by atoms with Gasteiger partial charge in [0, 0.05) is 19.3 Å². The maximum Gasteiger partial charge on any atom is 0.322 e. The molecule has 122 valence electrons. The molecule has 0 spiro atoms. The molecular weight excluding hydrogens is 300 g/mol. The van der Waals surface area contributed by atoms with Gasteiger partial charge in [-0.15, -0.1) is 0 Å². The van der Waals surface area contributed by atoms with Crippen LogP contribution in [0, 0.1) is 5.41 Å². The minimum atomic E-state index is -0.234. The predicted octanol–water partition coefficient (Wildman–Crippen LogP) is 2.73. The first-order valence-electron chi connectivity index (χ1n) is 7.87. The zero-order valence-corrected chi connectivity index (χ0v) is 13.3. The van der Waals surface area contributed by atoms with Gasteiger partial charge in [-0.05, 0) is 23.1 Å². The summed E-state index contributed by atoms with van der Waals surface area (Å²) >= 11 is 0. The molecule has 2 aromatic rings. The number of urea groups is 1. The summed E-state index contributed by atoms with van der Waals surface area (Å²) in [5, 5.41) is 10.3. The fourth-order valence-electron chi connectivity index (χ4n) is 2.82. The molecule has 2 amide bonds. The van der Waals surface area contributed by atoms with Crippen LogP contribution in [-0.2, 0) is 13.0 Å². The van der Waals surface area contributed by atoms with Gasteiger partial charge in [0.2, 0.25) is 0 Å². The van der Waals surface area contributed by atoms with Crippen LogP contribution in [-0.4, -0.2) is 23.7 Å². The van der Waals surface area contributed by atoms with Crippen molar-refractivity contribution in [2.24, 2.45) is 5.73 Å². The number of nitrogens with zero attached hydrogens (tertiary/aromatic N) is 1. The highest BCUT2D eigenvalue weighted by Gasteiger charge is 2.21. The number of rotatable bonds is 3. The van der Waals surface area contributed by atoms with Gasteiger partial charge in [0.05, 0.1) is 11.4 Å². The summed E-state index contributed by atoms with van der Waals surface area (Å²) in [5.41, 5.74) is 10.0. The largest absolute Gasteiger partial charge is 0.397 e. The highest BCUT2D eigenvalue weighted by molar-refractivity contribution is 5.93. The predicted molar refractivity (Wildman–Crippen MR) is 95.4 cm³/mol. The third-order valence-electron chi connectivity index (χ3n) is 4.18. The number of allylic oxidation sites excluding steroid dienone is 1. The Morgan fingerprint density at radius 1 is 1.08 bits per heavy atom. The number of nitrogens with two attached hydrogens (primary N) is 1. The van der Waals surface area contributed by atoms with Crippen molar-refractivity contribution in [1.29, 1.82) is 5.41 Å². The van der Waals surface area contributed by atoms with Crippen molar-refractivity contribution in [3.63, 3.8) is 0 Å². The third-order valence-corrected chi connectivity index (χ3v) is 4.18. The first-order chi connectivity index (χ1) is 11.7. The van der Waals surface area contributed by atoms with E-state index in [2.05, 4.69) is 11.4 Å². The smallest absolute Gasteiger partial charge is 0.322 e. The van der Waals surface area contributed by atoms with E-state index in [4.69, 9.17) is 11.1 Å². The lowest BCUT2D eigenvalue weighted by Gasteiger charge is -2.29. The molecule has 0 atom stereocenters. The normalized spacial score (nSPS) is 14.4. The molecule has 1 aliphatic heterocycles. The first-order valence-corrected chi connectivity index (χ1v) is 7.87. The number of amides is 2. The Morgan fingerprint density at radius 3 is 2.46 bits per heavy atom. The van der Waals surface area contributed by atoms with Gasteiger partial charge in [-0.1, -0.05) is 54.6 Å². The quantitative estimate of drug-likeness (QED) is 0.760. The van der Waals surface area contributed by atoms with Crippen molar-refractivity contribution in [3.8, 4) is 0 Å². The summed E-state index contributed by atoms with van der Waals surface area (Å²) in [6, 6.07) is 17.2. The van der Waals surface area contributed by atoms with Crippen molar-refractivity contribution in [2.75, 3.05) is 6.54 Å². The second kappa shape index (κ2) is 7.00. The molecule has 0 radical (unpaired) electrons. The van der Waals surface area contributed by atoms with E-state index >= 15 is 0 Å². The van der Waals surface area contributed by atoms with E-state index in [0.717, 1.165) is 23.8 Å².